The van der Waals surface area contributed by atoms with Gasteiger partial charge in [0.25, 0.3) is 0 Å². The van der Waals surface area contributed by atoms with Gasteiger partial charge in [0.1, 0.15) is 11.5 Å². The highest BCUT2D eigenvalue weighted by molar-refractivity contribution is 6.13. The maximum absolute atomic E-state index is 12.4. The van der Waals surface area contributed by atoms with Crippen molar-refractivity contribution >= 4 is 11.9 Å². The molecule has 26 heavy (non-hydrogen) atoms. The number of ether oxygens (including phenoxy) is 2. The second-order valence-electron chi connectivity index (χ2n) is 6.66. The summed E-state index contributed by atoms with van der Waals surface area (Å²) in [6, 6.07) is 3.14. The Labute approximate surface area is 152 Å². The monoisotopic (exact) mass is 360 g/mol. The minimum atomic E-state index is -0.294. The molecule has 0 atom stereocenters. The van der Waals surface area contributed by atoms with Crippen molar-refractivity contribution in [3.8, 4) is 11.5 Å². The molecule has 1 amide bonds. The smallest absolute Gasteiger partial charge is 0.409 e. The van der Waals surface area contributed by atoms with Gasteiger partial charge in [0, 0.05) is 32.7 Å². The normalized spacial score (nSPS) is 17.1. The van der Waals surface area contributed by atoms with Gasteiger partial charge in [-0.25, -0.2) is 4.79 Å². The van der Waals surface area contributed by atoms with E-state index in [1.54, 1.807) is 17.9 Å². The Morgan fingerprint density at radius 1 is 1.23 bits per heavy atom. The van der Waals surface area contributed by atoms with Crippen LogP contribution >= 0.6 is 0 Å². The van der Waals surface area contributed by atoms with Gasteiger partial charge in [-0.1, -0.05) is 0 Å². The number of carbonyl (C=O) groups is 2. The summed E-state index contributed by atoms with van der Waals surface area (Å²) in [5.74, 6) is 0.741. The molecule has 7 nitrogen and oxygen atoms in total. The van der Waals surface area contributed by atoms with E-state index in [0.717, 1.165) is 5.57 Å². The van der Waals surface area contributed by atoms with Crippen molar-refractivity contribution in [2.75, 3.05) is 32.8 Å². The topological polar surface area (TPSA) is 79.3 Å². The van der Waals surface area contributed by atoms with Crippen LogP contribution in [-0.2, 0) is 11.3 Å². The number of piperazine rings is 1. The molecule has 0 unspecified atom stereocenters. The molecule has 0 aromatic heterocycles. The van der Waals surface area contributed by atoms with Gasteiger partial charge >= 0.3 is 6.09 Å². The van der Waals surface area contributed by atoms with Crippen LogP contribution in [0.5, 0.6) is 11.5 Å². The average Bonchev–Trinajstić information content (AvgIpc) is 2.95. The van der Waals surface area contributed by atoms with Gasteiger partial charge in [0.05, 0.1) is 17.7 Å². The van der Waals surface area contributed by atoms with Crippen LogP contribution in [0.3, 0.4) is 0 Å². The fourth-order valence-corrected chi connectivity index (χ4v) is 3.19. The molecule has 1 fully saturated rings. The first-order chi connectivity index (χ1) is 12.4. The Kier molecular flexibility index (Phi) is 5.18. The molecule has 1 aromatic rings. The third kappa shape index (κ3) is 3.39. The standard InChI is InChI=1S/C19H24N2O5/c1-4-25-19(24)21-9-7-20(8-10-21)11-14-15(22)6-5-13-16(23)17(12(2)3)26-18(13)14/h5-6,22H,4,7-11H2,1-3H3. The van der Waals surface area contributed by atoms with Crippen LogP contribution in [0.1, 0.15) is 36.7 Å². The van der Waals surface area contributed by atoms with Crippen LogP contribution in [0.2, 0.25) is 0 Å². The van der Waals surface area contributed by atoms with E-state index in [9.17, 15) is 14.7 Å². The lowest BCUT2D eigenvalue weighted by molar-refractivity contribution is 0.0774. The Balaban J connectivity index is 1.74. The molecule has 140 valence electrons. The Hall–Kier alpha value is -2.54. The van der Waals surface area contributed by atoms with E-state index >= 15 is 0 Å². The third-order valence-electron chi connectivity index (χ3n) is 4.62. The van der Waals surface area contributed by atoms with Crippen molar-refractivity contribution in [3.63, 3.8) is 0 Å². The zero-order valence-electron chi connectivity index (χ0n) is 15.4. The SMILES string of the molecule is CCOC(=O)N1CCN(Cc2c(O)ccc3c2OC(=C(C)C)C3=O)CC1. The van der Waals surface area contributed by atoms with Crippen LogP contribution in [0.25, 0.3) is 0 Å². The molecule has 2 heterocycles. The molecule has 0 saturated carbocycles. The highest BCUT2D eigenvalue weighted by Gasteiger charge is 2.33. The van der Waals surface area contributed by atoms with Crippen molar-refractivity contribution in [1.29, 1.82) is 0 Å². The van der Waals surface area contributed by atoms with E-state index in [2.05, 4.69) is 4.90 Å². The number of aromatic hydroxyl groups is 1. The van der Waals surface area contributed by atoms with Crippen LogP contribution in [0.4, 0.5) is 4.79 Å². The fraction of sp³-hybridized carbons (Fsp3) is 0.474. The minimum absolute atomic E-state index is 0.111. The maximum atomic E-state index is 12.4. The van der Waals surface area contributed by atoms with Crippen LogP contribution in [0.15, 0.2) is 23.5 Å². The van der Waals surface area contributed by atoms with Crippen molar-refractivity contribution < 1.29 is 24.2 Å². The Morgan fingerprint density at radius 3 is 2.54 bits per heavy atom. The molecule has 2 aliphatic heterocycles. The molecule has 1 N–H and O–H groups in total. The first kappa shape index (κ1) is 18.3. The molecule has 3 rings (SSSR count). The predicted molar refractivity (Wildman–Crippen MR) is 95.3 cm³/mol. The first-order valence-corrected chi connectivity index (χ1v) is 8.81. The van der Waals surface area contributed by atoms with Crippen LogP contribution < -0.4 is 4.74 Å². The summed E-state index contributed by atoms with van der Waals surface area (Å²) in [4.78, 5) is 28.0. The lowest BCUT2D eigenvalue weighted by Gasteiger charge is -2.34. The fourth-order valence-electron chi connectivity index (χ4n) is 3.19. The number of allylic oxidation sites excluding steroid dienone is 2. The third-order valence-corrected chi connectivity index (χ3v) is 4.62. The highest BCUT2D eigenvalue weighted by atomic mass is 16.6. The zero-order chi connectivity index (χ0) is 18.8. The number of carbonyl (C=O) groups excluding carboxylic acids is 2. The van der Waals surface area contributed by atoms with Crippen molar-refractivity contribution in [2.45, 2.75) is 27.3 Å². The molecule has 1 saturated heterocycles. The summed E-state index contributed by atoms with van der Waals surface area (Å²) in [6.07, 6.45) is -0.294. The number of hydrogen-bond acceptors (Lipinski definition) is 6. The summed E-state index contributed by atoms with van der Waals surface area (Å²) >= 11 is 0. The molecule has 2 aliphatic rings. The number of rotatable bonds is 3. The quantitative estimate of drug-likeness (QED) is 0.835. The van der Waals surface area contributed by atoms with E-state index in [1.165, 1.54) is 6.07 Å². The number of benzene rings is 1. The van der Waals surface area contributed by atoms with Gasteiger partial charge in [-0.15, -0.1) is 0 Å². The molecule has 0 aliphatic carbocycles. The van der Waals surface area contributed by atoms with Crippen LogP contribution in [0, 0.1) is 0 Å². The predicted octanol–water partition coefficient (Wildman–Crippen LogP) is 2.54. The second kappa shape index (κ2) is 7.37. The van der Waals surface area contributed by atoms with E-state index in [1.807, 2.05) is 13.8 Å². The maximum Gasteiger partial charge on any atom is 0.409 e. The van der Waals surface area contributed by atoms with Gasteiger partial charge in [-0.2, -0.15) is 0 Å². The van der Waals surface area contributed by atoms with E-state index < -0.39 is 0 Å². The number of phenols is 1. The van der Waals surface area contributed by atoms with Gasteiger partial charge in [0.2, 0.25) is 5.78 Å². The zero-order valence-corrected chi connectivity index (χ0v) is 15.4. The minimum Gasteiger partial charge on any atom is -0.507 e. The van der Waals surface area contributed by atoms with Gasteiger partial charge in [0.15, 0.2) is 5.76 Å². The number of nitrogens with zero attached hydrogens (tertiary/aromatic N) is 2. The van der Waals surface area contributed by atoms with Crippen molar-refractivity contribution in [2.24, 2.45) is 0 Å². The molecule has 0 bridgehead atoms. The summed E-state index contributed by atoms with van der Waals surface area (Å²) in [7, 11) is 0. The number of fused-ring (bicyclic) bond motifs is 1. The van der Waals surface area contributed by atoms with Crippen LogP contribution in [-0.4, -0.2) is 59.6 Å². The Morgan fingerprint density at radius 2 is 1.92 bits per heavy atom. The number of Topliss-reactive ketones (excluding diaryl/α,β-unsaturated/α-hetero) is 1. The summed E-state index contributed by atoms with van der Waals surface area (Å²) in [6.45, 7) is 8.70. The largest absolute Gasteiger partial charge is 0.507 e. The van der Waals surface area contributed by atoms with E-state index in [0.29, 0.717) is 62.0 Å². The van der Waals surface area contributed by atoms with Gasteiger partial charge in [-0.3, -0.25) is 9.69 Å². The van der Waals surface area contributed by atoms with Gasteiger partial charge in [-0.05, 0) is 38.5 Å². The lowest BCUT2D eigenvalue weighted by Crippen LogP contribution is -2.48. The Bertz CT molecular complexity index is 759. The number of phenolic OH excluding ortho intramolecular Hbond substituents is 1. The number of hydrogen-bond donors (Lipinski definition) is 1. The number of amides is 1. The highest BCUT2D eigenvalue weighted by Crippen LogP contribution is 2.40. The molecular formula is C19H24N2O5. The number of ketones is 1. The summed E-state index contributed by atoms with van der Waals surface area (Å²) < 4.78 is 10.8. The first-order valence-electron chi connectivity index (χ1n) is 8.81. The molecule has 1 aromatic carbocycles. The lowest BCUT2D eigenvalue weighted by atomic mass is 10.0. The summed E-state index contributed by atoms with van der Waals surface area (Å²) in [5, 5.41) is 10.3. The van der Waals surface area contributed by atoms with Gasteiger partial charge < -0.3 is 19.5 Å². The summed E-state index contributed by atoms with van der Waals surface area (Å²) in [5.41, 5.74) is 1.90. The van der Waals surface area contributed by atoms with E-state index in [-0.39, 0.29) is 17.6 Å². The van der Waals surface area contributed by atoms with Crippen molar-refractivity contribution in [1.82, 2.24) is 9.80 Å². The average molecular weight is 360 g/mol. The second-order valence-corrected chi connectivity index (χ2v) is 6.66. The molecular weight excluding hydrogens is 336 g/mol. The molecule has 0 radical (unpaired) electrons. The van der Waals surface area contributed by atoms with E-state index in [4.69, 9.17) is 9.47 Å². The van der Waals surface area contributed by atoms with Crippen molar-refractivity contribution in [3.05, 3.63) is 34.6 Å². The molecule has 7 heteroatoms. The molecule has 0 spiro atoms.